The Hall–Kier alpha value is -0.610. The molecule has 1 aliphatic rings. The third-order valence-corrected chi connectivity index (χ3v) is 2.82. The maximum absolute atomic E-state index is 11.7. The molecule has 0 saturated heterocycles. The van der Waals surface area contributed by atoms with E-state index in [0.717, 1.165) is 25.7 Å². The fourth-order valence-corrected chi connectivity index (χ4v) is 1.94. The first-order valence-electron chi connectivity index (χ1n) is 4.77. The van der Waals surface area contributed by atoms with Crippen molar-refractivity contribution < 1.29 is 9.63 Å². The highest BCUT2D eigenvalue weighted by molar-refractivity contribution is 5.85. The molecular formula is C9H18N2O2. The molecule has 1 fully saturated rings. The van der Waals surface area contributed by atoms with Crippen LogP contribution in [0.25, 0.3) is 0 Å². The normalized spacial score (nSPS) is 21.1. The molecule has 0 spiro atoms. The molecule has 0 heterocycles. The summed E-state index contributed by atoms with van der Waals surface area (Å²) in [4.78, 5) is 16.3. The molecule has 2 N–H and O–H groups in total. The number of nitrogens with one attached hydrogen (secondary N) is 2. The molecule has 0 aromatic carbocycles. The van der Waals surface area contributed by atoms with E-state index in [2.05, 4.69) is 15.6 Å². The van der Waals surface area contributed by atoms with E-state index in [-0.39, 0.29) is 5.91 Å². The molecule has 0 radical (unpaired) electrons. The minimum atomic E-state index is -0.395. The van der Waals surface area contributed by atoms with E-state index in [1.54, 1.807) is 0 Å². The van der Waals surface area contributed by atoms with E-state index < -0.39 is 5.54 Å². The number of hydroxylamine groups is 1. The lowest BCUT2D eigenvalue weighted by Crippen LogP contribution is -2.56. The van der Waals surface area contributed by atoms with Gasteiger partial charge in [-0.3, -0.25) is 9.63 Å². The molecule has 0 atom stereocenters. The molecule has 0 aliphatic heterocycles. The summed E-state index contributed by atoms with van der Waals surface area (Å²) >= 11 is 0. The number of rotatable bonds is 3. The smallest absolute Gasteiger partial charge is 0.263 e. The van der Waals surface area contributed by atoms with Crippen molar-refractivity contribution in [2.75, 3.05) is 14.2 Å². The Morgan fingerprint density at radius 1 is 1.31 bits per heavy atom. The van der Waals surface area contributed by atoms with Crippen molar-refractivity contribution in [3.63, 3.8) is 0 Å². The molecule has 0 aromatic rings. The van der Waals surface area contributed by atoms with Crippen LogP contribution in [0.4, 0.5) is 0 Å². The predicted octanol–water partition coefficient (Wildman–Crippen LogP) is 0.586. The molecule has 1 saturated carbocycles. The van der Waals surface area contributed by atoms with Gasteiger partial charge in [-0.2, -0.15) is 0 Å². The van der Waals surface area contributed by atoms with Crippen LogP contribution in [-0.2, 0) is 9.63 Å². The van der Waals surface area contributed by atoms with Crippen molar-refractivity contribution in [1.82, 2.24) is 10.8 Å². The van der Waals surface area contributed by atoms with Crippen LogP contribution < -0.4 is 10.8 Å². The van der Waals surface area contributed by atoms with Crippen LogP contribution in [0, 0.1) is 0 Å². The van der Waals surface area contributed by atoms with Gasteiger partial charge in [-0.05, 0) is 19.9 Å². The van der Waals surface area contributed by atoms with Gasteiger partial charge < -0.3 is 5.32 Å². The van der Waals surface area contributed by atoms with Crippen molar-refractivity contribution in [3.05, 3.63) is 0 Å². The Labute approximate surface area is 79.0 Å². The van der Waals surface area contributed by atoms with Crippen molar-refractivity contribution in [1.29, 1.82) is 0 Å². The van der Waals surface area contributed by atoms with Gasteiger partial charge in [0.2, 0.25) is 0 Å². The fourth-order valence-electron chi connectivity index (χ4n) is 1.94. The summed E-state index contributed by atoms with van der Waals surface area (Å²) in [5, 5.41) is 3.11. The van der Waals surface area contributed by atoms with Crippen LogP contribution in [0.5, 0.6) is 0 Å². The van der Waals surface area contributed by atoms with Gasteiger partial charge in [-0.25, -0.2) is 5.48 Å². The maximum Gasteiger partial charge on any atom is 0.263 e. The fraction of sp³-hybridized carbons (Fsp3) is 0.889. The summed E-state index contributed by atoms with van der Waals surface area (Å²) in [6, 6.07) is 0. The molecule has 0 aromatic heterocycles. The summed E-state index contributed by atoms with van der Waals surface area (Å²) in [5.74, 6) is -0.0443. The van der Waals surface area contributed by atoms with Crippen molar-refractivity contribution in [3.8, 4) is 0 Å². The van der Waals surface area contributed by atoms with Gasteiger partial charge in [0, 0.05) is 0 Å². The largest absolute Gasteiger partial charge is 0.306 e. The molecule has 0 bridgehead atoms. The van der Waals surface area contributed by atoms with Crippen LogP contribution in [0.3, 0.4) is 0 Å². The summed E-state index contributed by atoms with van der Waals surface area (Å²) in [7, 11) is 3.30. The van der Waals surface area contributed by atoms with Crippen LogP contribution in [0.1, 0.15) is 32.1 Å². The monoisotopic (exact) mass is 186 g/mol. The molecule has 0 unspecified atom stereocenters. The first kappa shape index (κ1) is 10.5. The zero-order valence-corrected chi connectivity index (χ0v) is 8.35. The van der Waals surface area contributed by atoms with Crippen molar-refractivity contribution in [2.45, 2.75) is 37.6 Å². The molecule has 76 valence electrons. The highest BCUT2D eigenvalue weighted by Crippen LogP contribution is 2.27. The minimum absolute atomic E-state index is 0.0443. The van der Waals surface area contributed by atoms with Crippen LogP contribution in [-0.4, -0.2) is 25.6 Å². The van der Waals surface area contributed by atoms with Gasteiger partial charge >= 0.3 is 0 Å². The topological polar surface area (TPSA) is 50.4 Å². The Balaban J connectivity index is 2.61. The number of carbonyl (C=O) groups is 1. The second-order valence-corrected chi connectivity index (χ2v) is 3.53. The molecule has 4 heteroatoms. The molecular weight excluding hydrogens is 168 g/mol. The zero-order chi connectivity index (χ0) is 9.73. The quantitative estimate of drug-likeness (QED) is 0.634. The number of likely N-dealkylation sites (N-methyl/N-ethyl adjacent to an activating group) is 1. The number of amides is 1. The highest BCUT2D eigenvalue weighted by Gasteiger charge is 2.37. The van der Waals surface area contributed by atoms with Crippen molar-refractivity contribution in [2.24, 2.45) is 0 Å². The molecule has 1 amide bonds. The van der Waals surface area contributed by atoms with Gasteiger partial charge in [0.15, 0.2) is 0 Å². The number of carbonyl (C=O) groups excluding carboxylic acids is 1. The first-order valence-corrected chi connectivity index (χ1v) is 4.77. The highest BCUT2D eigenvalue weighted by atomic mass is 16.6. The third kappa shape index (κ3) is 2.19. The maximum atomic E-state index is 11.7. The average molecular weight is 186 g/mol. The lowest BCUT2D eigenvalue weighted by atomic mass is 9.81. The Kier molecular flexibility index (Phi) is 3.69. The minimum Gasteiger partial charge on any atom is -0.306 e. The van der Waals surface area contributed by atoms with E-state index in [1.165, 1.54) is 13.5 Å². The van der Waals surface area contributed by atoms with Gasteiger partial charge in [0.1, 0.15) is 0 Å². The van der Waals surface area contributed by atoms with E-state index in [9.17, 15) is 4.79 Å². The van der Waals surface area contributed by atoms with Crippen LogP contribution in [0.15, 0.2) is 0 Å². The second kappa shape index (κ2) is 4.58. The van der Waals surface area contributed by atoms with Gasteiger partial charge in [-0.15, -0.1) is 0 Å². The summed E-state index contributed by atoms with van der Waals surface area (Å²) in [6.45, 7) is 0. The molecule has 13 heavy (non-hydrogen) atoms. The van der Waals surface area contributed by atoms with Crippen LogP contribution >= 0.6 is 0 Å². The van der Waals surface area contributed by atoms with Gasteiger partial charge in [-0.1, -0.05) is 19.3 Å². The number of hydrogen-bond acceptors (Lipinski definition) is 3. The van der Waals surface area contributed by atoms with Gasteiger partial charge in [0.25, 0.3) is 5.91 Å². The van der Waals surface area contributed by atoms with E-state index in [4.69, 9.17) is 0 Å². The summed E-state index contributed by atoms with van der Waals surface area (Å²) in [6.07, 6.45) is 5.25. The molecule has 1 rings (SSSR count). The lowest BCUT2D eigenvalue weighted by molar-refractivity contribution is -0.139. The summed E-state index contributed by atoms with van der Waals surface area (Å²) in [5.41, 5.74) is 2.01. The second-order valence-electron chi connectivity index (χ2n) is 3.53. The molecule has 1 aliphatic carbocycles. The molecule has 4 nitrogen and oxygen atoms in total. The van der Waals surface area contributed by atoms with Crippen LogP contribution in [0.2, 0.25) is 0 Å². The Morgan fingerprint density at radius 2 is 1.92 bits per heavy atom. The van der Waals surface area contributed by atoms with E-state index >= 15 is 0 Å². The zero-order valence-electron chi connectivity index (χ0n) is 8.35. The first-order chi connectivity index (χ1) is 6.25. The Bertz CT molecular complexity index is 176. The average Bonchev–Trinajstić information content (AvgIpc) is 2.19. The summed E-state index contributed by atoms with van der Waals surface area (Å²) < 4.78 is 0. The SMILES string of the molecule is CNC1(C(=O)NOC)CCCCC1. The lowest BCUT2D eigenvalue weighted by Gasteiger charge is -2.34. The standard InChI is InChI=1S/C9H18N2O2/c1-10-9(8(12)11-13-2)6-4-3-5-7-9/h10H,3-7H2,1-2H3,(H,11,12). The predicted molar refractivity (Wildman–Crippen MR) is 50.0 cm³/mol. The van der Waals surface area contributed by atoms with E-state index in [0.29, 0.717) is 0 Å². The van der Waals surface area contributed by atoms with Gasteiger partial charge in [0.05, 0.1) is 12.6 Å². The van der Waals surface area contributed by atoms with E-state index in [1.807, 2.05) is 7.05 Å². The Morgan fingerprint density at radius 3 is 2.38 bits per heavy atom. The number of hydrogen-bond donors (Lipinski definition) is 2. The third-order valence-electron chi connectivity index (χ3n) is 2.82. The van der Waals surface area contributed by atoms with Crippen molar-refractivity contribution >= 4 is 5.91 Å².